The molecule has 0 radical (unpaired) electrons. The minimum absolute atomic E-state index is 0.161. The van der Waals surface area contributed by atoms with E-state index in [4.69, 9.17) is 4.74 Å². The molecule has 1 amide bonds. The second-order valence-corrected chi connectivity index (χ2v) is 6.00. The molecule has 0 saturated heterocycles. The van der Waals surface area contributed by atoms with Gasteiger partial charge < -0.3 is 14.6 Å². The molecule has 0 aliphatic carbocycles. The molecule has 0 bridgehead atoms. The third-order valence-corrected chi connectivity index (χ3v) is 3.90. The molecule has 7 heteroatoms. The highest BCUT2D eigenvalue weighted by Crippen LogP contribution is 2.11. The molecule has 2 rings (SSSR count). The quantitative estimate of drug-likeness (QED) is 0.607. The molecule has 6 nitrogen and oxygen atoms in total. The first-order valence-electron chi connectivity index (χ1n) is 8.18. The highest BCUT2D eigenvalue weighted by Gasteiger charge is 2.21. The van der Waals surface area contributed by atoms with Gasteiger partial charge in [0.15, 0.2) is 11.9 Å². The van der Waals surface area contributed by atoms with Crippen LogP contribution >= 0.6 is 0 Å². The molecule has 0 saturated carbocycles. The van der Waals surface area contributed by atoms with Gasteiger partial charge in [0.1, 0.15) is 11.5 Å². The Morgan fingerprint density at radius 2 is 1.88 bits per heavy atom. The summed E-state index contributed by atoms with van der Waals surface area (Å²) in [5, 5.41) is 2.67. The first-order chi connectivity index (χ1) is 12.3. The first kappa shape index (κ1) is 19.4. The van der Waals surface area contributed by atoms with Crippen LogP contribution in [0.3, 0.4) is 0 Å². The SMILES string of the molecule is CC(=O)c1cc(C(=O)O[C@H](C)C(=O)NCCc2ccc(F)cc2)n(C)c1. The van der Waals surface area contributed by atoms with Crippen LogP contribution in [0.4, 0.5) is 4.39 Å². The fourth-order valence-electron chi connectivity index (χ4n) is 2.36. The van der Waals surface area contributed by atoms with Gasteiger partial charge in [-0.25, -0.2) is 9.18 Å². The number of ether oxygens (including phenoxy) is 1. The van der Waals surface area contributed by atoms with Crippen LogP contribution < -0.4 is 5.32 Å². The molecule has 1 aromatic heterocycles. The van der Waals surface area contributed by atoms with Gasteiger partial charge in [-0.3, -0.25) is 9.59 Å². The zero-order valence-corrected chi connectivity index (χ0v) is 14.9. The number of nitrogens with zero attached hydrogens (tertiary/aromatic N) is 1. The van der Waals surface area contributed by atoms with E-state index in [1.54, 1.807) is 19.2 Å². The third-order valence-electron chi connectivity index (χ3n) is 3.90. The lowest BCUT2D eigenvalue weighted by Crippen LogP contribution is -2.37. The fraction of sp³-hybridized carbons (Fsp3) is 0.316. The smallest absolute Gasteiger partial charge is 0.355 e. The minimum atomic E-state index is -0.980. The van der Waals surface area contributed by atoms with Crippen molar-refractivity contribution < 1.29 is 23.5 Å². The molecule has 1 heterocycles. The summed E-state index contributed by atoms with van der Waals surface area (Å²) in [5.74, 6) is -1.58. The predicted molar refractivity (Wildman–Crippen MR) is 93.4 cm³/mol. The summed E-state index contributed by atoms with van der Waals surface area (Å²) < 4.78 is 19.5. The fourth-order valence-corrected chi connectivity index (χ4v) is 2.36. The van der Waals surface area contributed by atoms with Gasteiger partial charge in [-0.1, -0.05) is 12.1 Å². The summed E-state index contributed by atoms with van der Waals surface area (Å²) in [6.07, 6.45) is 1.09. The molecule has 0 aliphatic heterocycles. The second-order valence-electron chi connectivity index (χ2n) is 6.00. The van der Waals surface area contributed by atoms with E-state index in [1.165, 1.54) is 42.8 Å². The van der Waals surface area contributed by atoms with Crippen molar-refractivity contribution in [3.63, 3.8) is 0 Å². The van der Waals surface area contributed by atoms with Crippen LogP contribution in [-0.4, -0.2) is 34.9 Å². The van der Waals surface area contributed by atoms with Crippen molar-refractivity contribution in [2.24, 2.45) is 7.05 Å². The Morgan fingerprint density at radius 3 is 2.46 bits per heavy atom. The number of nitrogens with one attached hydrogen (secondary N) is 1. The maximum Gasteiger partial charge on any atom is 0.355 e. The zero-order chi connectivity index (χ0) is 19.3. The number of amides is 1. The van der Waals surface area contributed by atoms with Gasteiger partial charge in [0.2, 0.25) is 0 Å². The summed E-state index contributed by atoms with van der Waals surface area (Å²) in [4.78, 5) is 35.6. The lowest BCUT2D eigenvalue weighted by molar-refractivity contribution is -0.129. The Kier molecular flexibility index (Phi) is 6.27. The normalized spacial score (nSPS) is 11.7. The molecule has 0 unspecified atom stereocenters. The van der Waals surface area contributed by atoms with Gasteiger partial charge in [0, 0.05) is 25.4 Å². The van der Waals surface area contributed by atoms with Gasteiger partial charge in [0.25, 0.3) is 5.91 Å². The van der Waals surface area contributed by atoms with Gasteiger partial charge in [-0.05, 0) is 44.0 Å². The van der Waals surface area contributed by atoms with Crippen LogP contribution in [0.1, 0.15) is 40.3 Å². The zero-order valence-electron chi connectivity index (χ0n) is 14.9. The van der Waals surface area contributed by atoms with Gasteiger partial charge in [-0.2, -0.15) is 0 Å². The Bertz CT molecular complexity index is 811. The number of benzene rings is 1. The summed E-state index contributed by atoms with van der Waals surface area (Å²) in [6.45, 7) is 3.21. The summed E-state index contributed by atoms with van der Waals surface area (Å²) in [6, 6.07) is 7.44. The summed E-state index contributed by atoms with van der Waals surface area (Å²) in [5.41, 5.74) is 1.48. The number of hydrogen-bond donors (Lipinski definition) is 1. The topological polar surface area (TPSA) is 77.4 Å². The van der Waals surface area contributed by atoms with Crippen LogP contribution in [0.2, 0.25) is 0 Å². The number of rotatable bonds is 7. The van der Waals surface area contributed by atoms with Crippen molar-refractivity contribution in [2.75, 3.05) is 6.54 Å². The van der Waals surface area contributed by atoms with Crippen LogP contribution in [0.25, 0.3) is 0 Å². The Labute approximate surface area is 151 Å². The average Bonchev–Trinajstić information content (AvgIpc) is 2.98. The number of halogens is 1. The highest BCUT2D eigenvalue weighted by molar-refractivity contribution is 5.98. The van der Waals surface area contributed by atoms with Gasteiger partial charge in [0.05, 0.1) is 0 Å². The van der Waals surface area contributed by atoms with Gasteiger partial charge >= 0.3 is 5.97 Å². The number of carbonyl (C=O) groups is 3. The number of esters is 1. The number of ketones is 1. The number of carbonyl (C=O) groups excluding carboxylic acids is 3. The van der Waals surface area contributed by atoms with E-state index < -0.39 is 18.0 Å². The summed E-state index contributed by atoms with van der Waals surface area (Å²) >= 11 is 0. The monoisotopic (exact) mass is 360 g/mol. The number of hydrogen-bond acceptors (Lipinski definition) is 4. The van der Waals surface area contributed by atoms with E-state index in [-0.39, 0.29) is 17.3 Å². The lowest BCUT2D eigenvalue weighted by atomic mass is 10.1. The maximum atomic E-state index is 12.8. The van der Waals surface area contributed by atoms with Crippen molar-refractivity contribution in [1.82, 2.24) is 9.88 Å². The predicted octanol–water partition coefficient (Wildman–Crippen LogP) is 2.27. The standard InChI is InChI=1S/C19H21FN2O4/c1-12(23)15-10-17(22(3)11-15)19(25)26-13(2)18(24)21-9-8-14-4-6-16(20)7-5-14/h4-7,10-11,13H,8-9H2,1-3H3,(H,21,24)/t13-/m1/s1. The van der Waals surface area contributed by atoms with E-state index in [2.05, 4.69) is 5.32 Å². The van der Waals surface area contributed by atoms with E-state index in [9.17, 15) is 18.8 Å². The van der Waals surface area contributed by atoms with Crippen molar-refractivity contribution in [2.45, 2.75) is 26.4 Å². The minimum Gasteiger partial charge on any atom is -0.448 e. The number of aryl methyl sites for hydroxylation is 1. The number of aromatic nitrogens is 1. The molecule has 2 aromatic rings. The largest absolute Gasteiger partial charge is 0.448 e. The molecule has 0 spiro atoms. The van der Waals surface area contributed by atoms with E-state index in [0.717, 1.165) is 5.56 Å². The van der Waals surface area contributed by atoms with Crippen molar-refractivity contribution >= 4 is 17.7 Å². The van der Waals surface area contributed by atoms with Crippen molar-refractivity contribution in [1.29, 1.82) is 0 Å². The van der Waals surface area contributed by atoms with Crippen LogP contribution in [0.5, 0.6) is 0 Å². The van der Waals surface area contributed by atoms with E-state index in [0.29, 0.717) is 18.5 Å². The van der Waals surface area contributed by atoms with Crippen molar-refractivity contribution in [3.05, 3.63) is 59.2 Å². The average molecular weight is 360 g/mol. The number of Topliss-reactive ketones (excluding diaryl/α,β-unsaturated/α-hetero) is 1. The van der Waals surface area contributed by atoms with Crippen molar-refractivity contribution in [3.8, 4) is 0 Å². The Morgan fingerprint density at radius 1 is 1.23 bits per heavy atom. The van der Waals surface area contributed by atoms with Crippen LogP contribution in [0, 0.1) is 5.82 Å². The lowest BCUT2D eigenvalue weighted by Gasteiger charge is -2.13. The van der Waals surface area contributed by atoms with Crippen LogP contribution in [-0.2, 0) is 23.0 Å². The molecular formula is C19H21FN2O4. The maximum absolute atomic E-state index is 12.8. The Balaban J connectivity index is 1.85. The molecule has 1 aromatic carbocycles. The Hall–Kier alpha value is -2.96. The molecule has 0 fully saturated rings. The van der Waals surface area contributed by atoms with Gasteiger partial charge in [-0.15, -0.1) is 0 Å². The third kappa shape index (κ3) is 5.02. The molecule has 0 aliphatic rings. The highest BCUT2D eigenvalue weighted by atomic mass is 19.1. The second kappa shape index (κ2) is 8.42. The summed E-state index contributed by atoms with van der Waals surface area (Å²) in [7, 11) is 1.62. The van der Waals surface area contributed by atoms with E-state index >= 15 is 0 Å². The first-order valence-corrected chi connectivity index (χ1v) is 8.18. The molecule has 26 heavy (non-hydrogen) atoms. The molecular weight excluding hydrogens is 339 g/mol. The van der Waals surface area contributed by atoms with E-state index in [1.807, 2.05) is 0 Å². The molecule has 1 N–H and O–H groups in total. The molecule has 138 valence electrons. The molecule has 1 atom stereocenters. The van der Waals surface area contributed by atoms with Crippen LogP contribution in [0.15, 0.2) is 36.5 Å².